The predicted octanol–water partition coefficient (Wildman–Crippen LogP) is 1.76. The van der Waals surface area contributed by atoms with Crippen LogP contribution in [0.5, 0.6) is 0 Å². The Morgan fingerprint density at radius 3 is 2.45 bits per heavy atom. The molecule has 3 heterocycles. The highest BCUT2D eigenvalue weighted by molar-refractivity contribution is 7.13. The summed E-state index contributed by atoms with van der Waals surface area (Å²) in [6, 6.07) is 2.89. The molecule has 0 radical (unpaired) electrons. The molecule has 106 valence electrons. The first-order valence-corrected chi connectivity index (χ1v) is 7.01. The van der Waals surface area contributed by atoms with Gasteiger partial charge < -0.3 is 14.7 Å². The van der Waals surface area contributed by atoms with E-state index in [0.29, 0.717) is 0 Å². The lowest BCUT2D eigenvalue weighted by atomic mass is 10.3. The Balaban J connectivity index is 0.000000151. The molecule has 0 unspecified atom stereocenters. The van der Waals surface area contributed by atoms with E-state index in [4.69, 9.17) is 9.84 Å². The molecule has 0 aliphatic carbocycles. The Morgan fingerprint density at radius 2 is 1.95 bits per heavy atom. The molecule has 0 amide bonds. The Hall–Kier alpha value is -1.99. The van der Waals surface area contributed by atoms with E-state index in [2.05, 4.69) is 14.9 Å². The third-order valence-corrected chi connectivity index (χ3v) is 3.46. The zero-order chi connectivity index (χ0) is 14.2. The number of hydrogen-bond donors (Lipinski definition) is 1. The molecule has 1 N–H and O–H groups in total. The van der Waals surface area contributed by atoms with Crippen molar-refractivity contribution in [1.82, 2.24) is 9.97 Å². The van der Waals surface area contributed by atoms with Crippen LogP contribution in [0.3, 0.4) is 0 Å². The van der Waals surface area contributed by atoms with Gasteiger partial charge in [-0.1, -0.05) is 0 Å². The lowest BCUT2D eigenvalue weighted by Crippen LogP contribution is -2.36. The molecule has 0 aromatic carbocycles. The molecule has 2 aromatic heterocycles. The molecule has 0 spiro atoms. The summed E-state index contributed by atoms with van der Waals surface area (Å²) in [5, 5.41) is 11.5. The summed E-state index contributed by atoms with van der Waals surface area (Å²) >= 11 is 1.69. The number of carbonyl (C=O) groups is 1. The number of nitrogens with zero attached hydrogens (tertiary/aromatic N) is 3. The van der Waals surface area contributed by atoms with Crippen LogP contribution >= 0.6 is 11.3 Å². The molecular formula is C13H15N3O3S. The van der Waals surface area contributed by atoms with Gasteiger partial charge in [0, 0.05) is 37.1 Å². The Morgan fingerprint density at radius 1 is 1.25 bits per heavy atom. The topological polar surface area (TPSA) is 75.5 Å². The number of carboxylic acid groups (broad SMARTS) is 1. The highest BCUT2D eigenvalue weighted by Crippen LogP contribution is 2.17. The van der Waals surface area contributed by atoms with Crippen LogP contribution in [0.4, 0.5) is 5.13 Å². The van der Waals surface area contributed by atoms with Gasteiger partial charge in [-0.15, -0.1) is 11.3 Å². The van der Waals surface area contributed by atoms with Crippen LogP contribution in [0, 0.1) is 0 Å². The summed E-state index contributed by atoms with van der Waals surface area (Å²) < 4.78 is 5.23. The van der Waals surface area contributed by atoms with Crippen LogP contribution in [-0.2, 0) is 4.74 Å². The quantitative estimate of drug-likeness (QED) is 0.909. The monoisotopic (exact) mass is 293 g/mol. The van der Waals surface area contributed by atoms with Crippen molar-refractivity contribution in [2.75, 3.05) is 31.2 Å². The zero-order valence-corrected chi connectivity index (χ0v) is 11.6. The second-order valence-electron chi connectivity index (χ2n) is 3.96. The van der Waals surface area contributed by atoms with Crippen LogP contribution in [0.1, 0.15) is 10.4 Å². The summed E-state index contributed by atoms with van der Waals surface area (Å²) in [5.41, 5.74) is 0.269. The molecule has 1 aliphatic heterocycles. The molecule has 1 saturated heterocycles. The van der Waals surface area contributed by atoms with Crippen molar-refractivity contribution in [1.29, 1.82) is 0 Å². The molecule has 20 heavy (non-hydrogen) atoms. The second kappa shape index (κ2) is 7.56. The van der Waals surface area contributed by atoms with E-state index >= 15 is 0 Å². The molecule has 1 aliphatic rings. The van der Waals surface area contributed by atoms with Gasteiger partial charge in [0.05, 0.1) is 18.8 Å². The van der Waals surface area contributed by atoms with Crippen molar-refractivity contribution in [3.63, 3.8) is 0 Å². The Bertz CT molecular complexity index is 513. The van der Waals surface area contributed by atoms with Crippen molar-refractivity contribution >= 4 is 22.4 Å². The molecule has 0 atom stereocenters. The van der Waals surface area contributed by atoms with E-state index in [1.807, 2.05) is 11.6 Å². The minimum atomic E-state index is -0.919. The predicted molar refractivity (Wildman–Crippen MR) is 76.3 cm³/mol. The number of ether oxygens (including phenoxy) is 1. The van der Waals surface area contributed by atoms with Gasteiger partial charge in [-0.25, -0.2) is 9.78 Å². The maximum atomic E-state index is 10.2. The number of carboxylic acids is 1. The molecule has 2 aromatic rings. The van der Waals surface area contributed by atoms with Crippen LogP contribution < -0.4 is 4.90 Å². The standard InChI is InChI=1S/C7H10N2OS.C6H5NO2/c1-6-11-7(8-1)9-2-4-10-5-3-9;8-6(9)5-1-3-7-4-2-5/h1,6H,2-5H2;1-4H,(H,8,9). The first-order valence-electron chi connectivity index (χ1n) is 6.13. The smallest absolute Gasteiger partial charge is 0.335 e. The second-order valence-corrected chi connectivity index (χ2v) is 4.83. The van der Waals surface area contributed by atoms with Gasteiger partial charge in [0.25, 0.3) is 0 Å². The van der Waals surface area contributed by atoms with Crippen molar-refractivity contribution in [2.24, 2.45) is 0 Å². The van der Waals surface area contributed by atoms with Gasteiger partial charge in [-0.05, 0) is 12.1 Å². The van der Waals surface area contributed by atoms with E-state index < -0.39 is 5.97 Å². The normalized spacial score (nSPS) is 14.3. The van der Waals surface area contributed by atoms with E-state index in [-0.39, 0.29) is 5.56 Å². The van der Waals surface area contributed by atoms with Gasteiger partial charge in [0.2, 0.25) is 0 Å². The number of aromatic nitrogens is 2. The maximum Gasteiger partial charge on any atom is 0.335 e. The molecule has 0 saturated carbocycles. The first-order chi connectivity index (χ1) is 9.77. The van der Waals surface area contributed by atoms with Crippen LogP contribution in [-0.4, -0.2) is 47.3 Å². The fraction of sp³-hybridized carbons (Fsp3) is 0.308. The lowest BCUT2D eigenvalue weighted by Gasteiger charge is -2.25. The number of morpholine rings is 1. The number of hydrogen-bond acceptors (Lipinski definition) is 6. The van der Waals surface area contributed by atoms with Gasteiger partial charge >= 0.3 is 5.97 Å². The number of rotatable bonds is 2. The van der Waals surface area contributed by atoms with E-state index in [0.717, 1.165) is 31.4 Å². The summed E-state index contributed by atoms with van der Waals surface area (Å²) in [4.78, 5) is 20.3. The van der Waals surface area contributed by atoms with Crippen LogP contribution in [0.2, 0.25) is 0 Å². The van der Waals surface area contributed by atoms with Gasteiger partial charge in [-0.2, -0.15) is 0 Å². The van der Waals surface area contributed by atoms with Gasteiger partial charge in [0.15, 0.2) is 5.13 Å². The van der Waals surface area contributed by atoms with E-state index in [9.17, 15) is 4.79 Å². The van der Waals surface area contributed by atoms with Crippen molar-refractivity contribution in [2.45, 2.75) is 0 Å². The Labute approximate surface area is 120 Å². The average Bonchev–Trinajstić information content (AvgIpc) is 3.04. The highest BCUT2D eigenvalue weighted by Gasteiger charge is 2.12. The third kappa shape index (κ3) is 4.29. The van der Waals surface area contributed by atoms with Gasteiger partial charge in [-0.3, -0.25) is 4.98 Å². The summed E-state index contributed by atoms with van der Waals surface area (Å²) in [7, 11) is 0. The van der Waals surface area contributed by atoms with E-state index in [1.165, 1.54) is 24.5 Å². The highest BCUT2D eigenvalue weighted by atomic mass is 32.1. The minimum absolute atomic E-state index is 0.269. The Kier molecular flexibility index (Phi) is 5.45. The lowest BCUT2D eigenvalue weighted by molar-refractivity contribution is 0.0696. The van der Waals surface area contributed by atoms with Crippen LogP contribution in [0.15, 0.2) is 36.1 Å². The largest absolute Gasteiger partial charge is 0.478 e. The minimum Gasteiger partial charge on any atom is -0.478 e. The number of anilines is 1. The molecule has 7 heteroatoms. The summed E-state index contributed by atoms with van der Waals surface area (Å²) in [5.74, 6) is -0.919. The molecule has 1 fully saturated rings. The molecule has 0 bridgehead atoms. The van der Waals surface area contributed by atoms with Crippen molar-refractivity contribution < 1.29 is 14.6 Å². The van der Waals surface area contributed by atoms with Crippen molar-refractivity contribution in [3.05, 3.63) is 41.7 Å². The zero-order valence-electron chi connectivity index (χ0n) is 10.8. The molecule has 6 nitrogen and oxygen atoms in total. The maximum absolute atomic E-state index is 10.2. The third-order valence-electron chi connectivity index (χ3n) is 2.63. The summed E-state index contributed by atoms with van der Waals surface area (Å²) in [6.07, 6.45) is 4.74. The fourth-order valence-corrected chi connectivity index (χ4v) is 2.32. The number of pyridine rings is 1. The van der Waals surface area contributed by atoms with Crippen LogP contribution in [0.25, 0.3) is 0 Å². The summed E-state index contributed by atoms with van der Waals surface area (Å²) in [6.45, 7) is 3.63. The SMILES string of the molecule is O=C(O)c1ccncc1.c1csc(N2CCOCC2)n1. The average molecular weight is 293 g/mol. The van der Waals surface area contributed by atoms with Gasteiger partial charge in [0.1, 0.15) is 0 Å². The molecule has 3 rings (SSSR count). The number of thiazole rings is 1. The fourth-order valence-electron chi connectivity index (χ4n) is 1.62. The first kappa shape index (κ1) is 14.4. The molecular weight excluding hydrogens is 278 g/mol. The van der Waals surface area contributed by atoms with E-state index in [1.54, 1.807) is 11.3 Å². The number of aromatic carboxylic acids is 1. The van der Waals surface area contributed by atoms with Crippen molar-refractivity contribution in [3.8, 4) is 0 Å².